The highest BCUT2D eigenvalue weighted by molar-refractivity contribution is 8.15. The topological polar surface area (TPSA) is 79.8 Å². The molecule has 1 heterocycles. The third-order valence-corrected chi connectivity index (χ3v) is 4.87. The van der Waals surface area contributed by atoms with Crippen molar-refractivity contribution in [2.75, 3.05) is 12.4 Å². The van der Waals surface area contributed by atoms with E-state index in [0.29, 0.717) is 22.3 Å². The molecular formula is C19H19N3O3S. The standard InChI is InChI=1S/C19H19N3O3S/c1-12-7-9-13(10-8-12)20-17(23)11-16-18(24)22-19(26-16)21-14-5-3-4-6-15(14)25-2/h3-10,16H,11H2,1-2H3,(H,20,23)(H,21,22,24)/t16-/m1/s1. The molecule has 1 atom stereocenters. The van der Waals surface area contributed by atoms with Gasteiger partial charge in [0.2, 0.25) is 11.8 Å². The fourth-order valence-electron chi connectivity index (χ4n) is 2.44. The first-order valence-corrected chi connectivity index (χ1v) is 8.99. The molecule has 3 rings (SSSR count). The Bertz CT molecular complexity index is 849. The summed E-state index contributed by atoms with van der Waals surface area (Å²) >= 11 is 1.25. The predicted octanol–water partition coefficient (Wildman–Crippen LogP) is 3.25. The number of nitrogens with one attached hydrogen (secondary N) is 2. The van der Waals surface area contributed by atoms with E-state index in [0.717, 1.165) is 5.56 Å². The molecule has 7 heteroatoms. The SMILES string of the molecule is COc1ccccc1N=C1NC(=O)[C@@H](CC(=O)Nc2ccc(C)cc2)S1. The fraction of sp³-hybridized carbons (Fsp3) is 0.211. The van der Waals surface area contributed by atoms with E-state index in [1.165, 1.54) is 11.8 Å². The van der Waals surface area contributed by atoms with Gasteiger partial charge in [-0.25, -0.2) is 4.99 Å². The number of rotatable bonds is 5. The summed E-state index contributed by atoms with van der Waals surface area (Å²) in [5, 5.41) is 5.49. The number of nitrogens with zero attached hydrogens (tertiary/aromatic N) is 1. The quantitative estimate of drug-likeness (QED) is 0.848. The molecule has 1 fully saturated rings. The van der Waals surface area contributed by atoms with Crippen LogP contribution in [0.5, 0.6) is 5.75 Å². The summed E-state index contributed by atoms with van der Waals surface area (Å²) < 4.78 is 5.26. The molecule has 0 aliphatic carbocycles. The Morgan fingerprint density at radius 3 is 2.69 bits per heavy atom. The molecule has 2 aromatic carbocycles. The van der Waals surface area contributed by atoms with Crippen LogP contribution in [-0.2, 0) is 9.59 Å². The molecule has 2 N–H and O–H groups in total. The molecule has 1 aliphatic heterocycles. The molecule has 6 nitrogen and oxygen atoms in total. The molecule has 0 radical (unpaired) electrons. The van der Waals surface area contributed by atoms with Crippen LogP contribution in [0.15, 0.2) is 53.5 Å². The van der Waals surface area contributed by atoms with Crippen molar-refractivity contribution in [2.24, 2.45) is 4.99 Å². The highest BCUT2D eigenvalue weighted by atomic mass is 32.2. The van der Waals surface area contributed by atoms with Crippen LogP contribution in [0.1, 0.15) is 12.0 Å². The molecule has 1 aliphatic rings. The van der Waals surface area contributed by atoms with E-state index < -0.39 is 5.25 Å². The van der Waals surface area contributed by atoms with Crippen LogP contribution in [0.2, 0.25) is 0 Å². The van der Waals surface area contributed by atoms with Gasteiger partial charge in [0, 0.05) is 12.1 Å². The minimum Gasteiger partial charge on any atom is -0.494 e. The average Bonchev–Trinajstić information content (AvgIpc) is 2.96. The zero-order valence-corrected chi connectivity index (χ0v) is 15.3. The van der Waals surface area contributed by atoms with Crippen LogP contribution in [0.25, 0.3) is 0 Å². The Labute approximate surface area is 156 Å². The third-order valence-electron chi connectivity index (χ3n) is 3.79. The maximum Gasteiger partial charge on any atom is 0.240 e. The van der Waals surface area contributed by atoms with Crippen LogP contribution in [-0.4, -0.2) is 29.3 Å². The zero-order chi connectivity index (χ0) is 18.5. The van der Waals surface area contributed by atoms with E-state index in [9.17, 15) is 9.59 Å². The van der Waals surface area contributed by atoms with Crippen molar-refractivity contribution in [1.82, 2.24) is 5.32 Å². The number of aliphatic imine (C=N–C) groups is 1. The van der Waals surface area contributed by atoms with Gasteiger partial charge in [-0.15, -0.1) is 0 Å². The number of amides is 2. The molecule has 0 saturated carbocycles. The molecule has 0 aromatic heterocycles. The number of aryl methyl sites for hydroxylation is 1. The van der Waals surface area contributed by atoms with Gasteiger partial charge in [0.15, 0.2) is 5.17 Å². The first kappa shape index (κ1) is 18.0. The number of benzene rings is 2. The molecule has 0 bridgehead atoms. The van der Waals surface area contributed by atoms with Crippen LogP contribution >= 0.6 is 11.8 Å². The van der Waals surface area contributed by atoms with Gasteiger partial charge in [0.1, 0.15) is 16.7 Å². The summed E-state index contributed by atoms with van der Waals surface area (Å²) in [6.45, 7) is 1.98. The summed E-state index contributed by atoms with van der Waals surface area (Å²) in [6, 6.07) is 14.8. The first-order valence-electron chi connectivity index (χ1n) is 8.11. The van der Waals surface area contributed by atoms with Gasteiger partial charge in [-0.05, 0) is 31.2 Å². The molecule has 2 amide bonds. The number of amidine groups is 1. The molecule has 1 saturated heterocycles. The average molecular weight is 369 g/mol. The minimum atomic E-state index is -0.506. The second-order valence-corrected chi connectivity index (χ2v) is 6.99. The fourth-order valence-corrected chi connectivity index (χ4v) is 3.42. The molecular weight excluding hydrogens is 350 g/mol. The summed E-state index contributed by atoms with van der Waals surface area (Å²) in [5.74, 6) is 0.193. The monoisotopic (exact) mass is 369 g/mol. The van der Waals surface area contributed by atoms with E-state index >= 15 is 0 Å². The second kappa shape index (κ2) is 8.05. The number of carbonyl (C=O) groups is 2. The molecule has 0 unspecified atom stereocenters. The van der Waals surface area contributed by atoms with Gasteiger partial charge in [-0.3, -0.25) is 9.59 Å². The van der Waals surface area contributed by atoms with Crippen molar-refractivity contribution in [3.05, 3.63) is 54.1 Å². The van der Waals surface area contributed by atoms with Crippen molar-refractivity contribution in [3.63, 3.8) is 0 Å². The molecule has 134 valence electrons. The highest BCUT2D eigenvalue weighted by Gasteiger charge is 2.32. The Morgan fingerprint density at radius 2 is 1.96 bits per heavy atom. The summed E-state index contributed by atoms with van der Waals surface area (Å²) in [7, 11) is 1.57. The lowest BCUT2D eigenvalue weighted by Gasteiger charge is -2.07. The lowest BCUT2D eigenvalue weighted by Crippen LogP contribution is -2.28. The number of hydrogen-bond acceptors (Lipinski definition) is 5. The van der Waals surface area contributed by atoms with Crippen LogP contribution in [0.3, 0.4) is 0 Å². The minimum absolute atomic E-state index is 0.0787. The van der Waals surface area contributed by atoms with E-state index in [-0.39, 0.29) is 18.2 Å². The lowest BCUT2D eigenvalue weighted by atomic mass is 10.2. The van der Waals surface area contributed by atoms with Crippen LogP contribution in [0.4, 0.5) is 11.4 Å². The van der Waals surface area contributed by atoms with Crippen molar-refractivity contribution in [1.29, 1.82) is 0 Å². The Balaban J connectivity index is 1.63. The predicted molar refractivity (Wildman–Crippen MR) is 104 cm³/mol. The van der Waals surface area contributed by atoms with Gasteiger partial charge in [-0.2, -0.15) is 0 Å². The summed E-state index contributed by atoms with van der Waals surface area (Å²) in [5.41, 5.74) is 2.46. The lowest BCUT2D eigenvalue weighted by molar-refractivity contribution is -0.122. The van der Waals surface area contributed by atoms with Gasteiger partial charge in [-0.1, -0.05) is 41.6 Å². The van der Waals surface area contributed by atoms with Crippen molar-refractivity contribution in [2.45, 2.75) is 18.6 Å². The normalized spacial score (nSPS) is 17.8. The van der Waals surface area contributed by atoms with Crippen LogP contribution < -0.4 is 15.4 Å². The van der Waals surface area contributed by atoms with Crippen molar-refractivity contribution >= 4 is 40.1 Å². The number of ether oxygens (including phenoxy) is 1. The molecule has 0 spiro atoms. The zero-order valence-electron chi connectivity index (χ0n) is 14.5. The number of hydrogen-bond donors (Lipinski definition) is 2. The largest absolute Gasteiger partial charge is 0.494 e. The Hall–Kier alpha value is -2.80. The summed E-state index contributed by atoms with van der Waals surface area (Å²) in [4.78, 5) is 28.8. The Kier molecular flexibility index (Phi) is 5.58. The van der Waals surface area contributed by atoms with E-state index in [1.54, 1.807) is 19.2 Å². The first-order chi connectivity index (χ1) is 12.5. The molecule has 2 aromatic rings. The highest BCUT2D eigenvalue weighted by Crippen LogP contribution is 2.30. The van der Waals surface area contributed by atoms with Gasteiger partial charge < -0.3 is 15.4 Å². The van der Waals surface area contributed by atoms with Crippen molar-refractivity contribution in [3.8, 4) is 5.75 Å². The number of carbonyl (C=O) groups excluding carboxylic acids is 2. The Morgan fingerprint density at radius 1 is 1.23 bits per heavy atom. The van der Waals surface area contributed by atoms with E-state index in [4.69, 9.17) is 4.74 Å². The number of methoxy groups -OCH3 is 1. The maximum absolute atomic E-state index is 12.2. The number of para-hydroxylation sites is 2. The molecule has 26 heavy (non-hydrogen) atoms. The van der Waals surface area contributed by atoms with Gasteiger partial charge in [0.05, 0.1) is 7.11 Å². The number of thioether (sulfide) groups is 1. The second-order valence-electron chi connectivity index (χ2n) is 5.80. The smallest absolute Gasteiger partial charge is 0.240 e. The van der Waals surface area contributed by atoms with Gasteiger partial charge >= 0.3 is 0 Å². The van der Waals surface area contributed by atoms with E-state index in [1.807, 2.05) is 43.3 Å². The number of anilines is 1. The van der Waals surface area contributed by atoms with E-state index in [2.05, 4.69) is 15.6 Å². The van der Waals surface area contributed by atoms with Crippen molar-refractivity contribution < 1.29 is 14.3 Å². The van der Waals surface area contributed by atoms with Crippen LogP contribution in [0, 0.1) is 6.92 Å². The maximum atomic E-state index is 12.2. The third kappa shape index (κ3) is 4.43. The summed E-state index contributed by atoms with van der Waals surface area (Å²) in [6.07, 6.45) is 0.0787. The van der Waals surface area contributed by atoms with Gasteiger partial charge in [0.25, 0.3) is 0 Å².